The molecule has 1 unspecified atom stereocenters. The summed E-state index contributed by atoms with van der Waals surface area (Å²) in [6, 6.07) is 6.68. The van der Waals surface area contributed by atoms with Crippen molar-refractivity contribution in [2.45, 2.75) is 52.1 Å². The number of anilines is 1. The Kier molecular flexibility index (Phi) is 8.09. The zero-order valence-electron chi connectivity index (χ0n) is 13.7. The van der Waals surface area contributed by atoms with E-state index in [1.807, 2.05) is 19.1 Å². The molecule has 1 aromatic rings. The summed E-state index contributed by atoms with van der Waals surface area (Å²) in [4.78, 5) is 2.39. The van der Waals surface area contributed by atoms with E-state index in [-0.39, 0.29) is 6.04 Å². The maximum absolute atomic E-state index is 6.52. The molecule has 4 heteroatoms. The van der Waals surface area contributed by atoms with Crippen LogP contribution in [0.25, 0.3) is 0 Å². The van der Waals surface area contributed by atoms with Gasteiger partial charge in [0.1, 0.15) is 0 Å². The first-order chi connectivity index (χ1) is 10.0. The molecule has 0 aliphatic carbocycles. The van der Waals surface area contributed by atoms with Crippen molar-refractivity contribution in [3.05, 3.63) is 28.8 Å². The number of nitrogens with two attached hydrogens (primary N) is 1. The zero-order valence-corrected chi connectivity index (χ0v) is 14.5. The predicted octanol–water partition coefficient (Wildman–Crippen LogP) is 3.87. The number of hydrogen-bond acceptors (Lipinski definition) is 3. The molecule has 0 heterocycles. The third kappa shape index (κ3) is 5.17. The summed E-state index contributed by atoms with van der Waals surface area (Å²) in [5, 5.41) is 0.802. The number of ether oxygens (including phenoxy) is 1. The summed E-state index contributed by atoms with van der Waals surface area (Å²) in [5.41, 5.74) is 8.35. The Morgan fingerprint density at radius 1 is 1.29 bits per heavy atom. The third-order valence-corrected chi connectivity index (χ3v) is 4.12. The highest BCUT2D eigenvalue weighted by molar-refractivity contribution is 6.33. The van der Waals surface area contributed by atoms with Crippen molar-refractivity contribution in [3.8, 4) is 0 Å². The van der Waals surface area contributed by atoms with Gasteiger partial charge in [0.25, 0.3) is 0 Å². The van der Waals surface area contributed by atoms with Crippen LogP contribution in [0.5, 0.6) is 0 Å². The minimum Gasteiger partial charge on any atom is -0.383 e. The van der Waals surface area contributed by atoms with Crippen LogP contribution in [0.3, 0.4) is 0 Å². The lowest BCUT2D eigenvalue weighted by Crippen LogP contribution is -2.38. The van der Waals surface area contributed by atoms with Gasteiger partial charge in [-0.3, -0.25) is 0 Å². The van der Waals surface area contributed by atoms with Crippen LogP contribution in [0.15, 0.2) is 18.2 Å². The molecule has 120 valence electrons. The fourth-order valence-corrected chi connectivity index (χ4v) is 3.09. The molecular formula is C17H29ClN2O. The predicted molar refractivity (Wildman–Crippen MR) is 92.4 cm³/mol. The molecule has 0 aliphatic heterocycles. The second-order valence-corrected chi connectivity index (χ2v) is 5.99. The van der Waals surface area contributed by atoms with Crippen LogP contribution >= 0.6 is 11.6 Å². The summed E-state index contributed by atoms with van der Waals surface area (Å²) in [6.45, 7) is 8.01. The van der Waals surface area contributed by atoms with E-state index < -0.39 is 0 Å². The maximum Gasteiger partial charge on any atom is 0.0642 e. The molecule has 0 amide bonds. The first-order valence-corrected chi connectivity index (χ1v) is 8.21. The van der Waals surface area contributed by atoms with Gasteiger partial charge in [0.15, 0.2) is 0 Å². The quantitative estimate of drug-likeness (QED) is 0.752. The molecule has 0 spiro atoms. The highest BCUT2D eigenvalue weighted by atomic mass is 35.5. The van der Waals surface area contributed by atoms with Crippen LogP contribution in [0.1, 0.15) is 39.2 Å². The topological polar surface area (TPSA) is 38.5 Å². The van der Waals surface area contributed by atoms with Gasteiger partial charge < -0.3 is 15.4 Å². The van der Waals surface area contributed by atoms with Gasteiger partial charge in [-0.05, 0) is 37.8 Å². The van der Waals surface area contributed by atoms with E-state index in [1.165, 1.54) is 5.56 Å². The molecule has 1 aromatic carbocycles. The molecule has 0 aliphatic rings. The van der Waals surface area contributed by atoms with Gasteiger partial charge in [-0.15, -0.1) is 0 Å². The van der Waals surface area contributed by atoms with Crippen molar-refractivity contribution in [2.24, 2.45) is 5.73 Å². The number of methoxy groups -OCH3 is 1. The Morgan fingerprint density at radius 2 is 1.95 bits per heavy atom. The molecule has 3 nitrogen and oxygen atoms in total. The van der Waals surface area contributed by atoms with Crippen molar-refractivity contribution in [3.63, 3.8) is 0 Å². The molecule has 21 heavy (non-hydrogen) atoms. The summed E-state index contributed by atoms with van der Waals surface area (Å²) >= 11 is 6.52. The molecule has 2 N–H and O–H groups in total. The zero-order chi connectivity index (χ0) is 15.8. The minimum atomic E-state index is 0.119. The highest BCUT2D eigenvalue weighted by Gasteiger charge is 2.21. The maximum atomic E-state index is 6.52. The Balaban J connectivity index is 3.20. The fourth-order valence-electron chi connectivity index (χ4n) is 2.79. The van der Waals surface area contributed by atoms with Crippen LogP contribution in [0.2, 0.25) is 5.02 Å². The number of hydrogen-bond donors (Lipinski definition) is 1. The van der Waals surface area contributed by atoms with Gasteiger partial charge in [0.2, 0.25) is 0 Å². The number of para-hydroxylation sites is 1. The summed E-state index contributed by atoms with van der Waals surface area (Å²) in [7, 11) is 1.74. The van der Waals surface area contributed by atoms with Crippen LogP contribution < -0.4 is 10.6 Å². The molecular weight excluding hydrogens is 284 g/mol. The molecule has 1 rings (SSSR count). The first kappa shape index (κ1) is 18.3. The first-order valence-electron chi connectivity index (χ1n) is 7.83. The van der Waals surface area contributed by atoms with Crippen LogP contribution in [-0.2, 0) is 11.2 Å². The largest absolute Gasteiger partial charge is 0.383 e. The van der Waals surface area contributed by atoms with Crippen molar-refractivity contribution >= 4 is 17.3 Å². The van der Waals surface area contributed by atoms with E-state index in [0.29, 0.717) is 12.6 Å². The normalized spacial score (nSPS) is 12.7. The molecule has 0 radical (unpaired) electrons. The van der Waals surface area contributed by atoms with Crippen LogP contribution in [-0.4, -0.2) is 32.3 Å². The number of nitrogens with zero attached hydrogens (tertiary/aromatic N) is 1. The lowest BCUT2D eigenvalue weighted by Gasteiger charge is -2.35. The summed E-state index contributed by atoms with van der Waals surface area (Å²) in [6.07, 6.45) is 3.01. The van der Waals surface area contributed by atoms with E-state index >= 15 is 0 Å². The average molecular weight is 313 g/mol. The Hall–Kier alpha value is -0.770. The number of halogens is 1. The molecule has 1 atom stereocenters. The SMILES string of the molecule is CCC(CC)N(CCOC)c1c(Cl)cccc1CC(C)N. The van der Waals surface area contributed by atoms with E-state index in [1.54, 1.807) is 7.11 Å². The van der Waals surface area contributed by atoms with E-state index in [2.05, 4.69) is 24.8 Å². The van der Waals surface area contributed by atoms with Gasteiger partial charge in [0.05, 0.1) is 17.3 Å². The molecule has 0 aromatic heterocycles. The molecule has 0 saturated carbocycles. The van der Waals surface area contributed by atoms with Crippen molar-refractivity contribution in [1.29, 1.82) is 0 Å². The monoisotopic (exact) mass is 312 g/mol. The van der Waals surface area contributed by atoms with E-state index in [9.17, 15) is 0 Å². The molecule has 0 saturated heterocycles. The van der Waals surface area contributed by atoms with Crippen molar-refractivity contribution in [2.75, 3.05) is 25.2 Å². The lowest BCUT2D eigenvalue weighted by molar-refractivity contribution is 0.202. The Morgan fingerprint density at radius 3 is 2.48 bits per heavy atom. The minimum absolute atomic E-state index is 0.119. The smallest absolute Gasteiger partial charge is 0.0642 e. The lowest BCUT2D eigenvalue weighted by atomic mass is 10.0. The standard InChI is InChI=1S/C17H29ClN2O/c1-5-15(6-2)20(10-11-21-4)17-14(12-13(3)19)8-7-9-16(17)18/h7-9,13,15H,5-6,10-12,19H2,1-4H3. The third-order valence-electron chi connectivity index (χ3n) is 3.82. The molecule has 0 bridgehead atoms. The van der Waals surface area contributed by atoms with Gasteiger partial charge in [-0.25, -0.2) is 0 Å². The van der Waals surface area contributed by atoms with Crippen molar-refractivity contribution in [1.82, 2.24) is 0 Å². The Bertz CT molecular complexity index is 419. The Labute approximate surface area is 134 Å². The van der Waals surface area contributed by atoms with Gasteiger partial charge >= 0.3 is 0 Å². The van der Waals surface area contributed by atoms with Crippen LogP contribution in [0.4, 0.5) is 5.69 Å². The van der Waals surface area contributed by atoms with E-state index in [4.69, 9.17) is 22.1 Å². The molecule has 0 fully saturated rings. The van der Waals surface area contributed by atoms with E-state index in [0.717, 1.165) is 36.5 Å². The van der Waals surface area contributed by atoms with Crippen LogP contribution in [0, 0.1) is 0 Å². The average Bonchev–Trinajstić information content (AvgIpc) is 2.44. The second-order valence-electron chi connectivity index (χ2n) is 5.59. The van der Waals surface area contributed by atoms with Gasteiger partial charge in [-0.2, -0.15) is 0 Å². The summed E-state index contributed by atoms with van der Waals surface area (Å²) in [5.74, 6) is 0. The highest BCUT2D eigenvalue weighted by Crippen LogP contribution is 2.33. The summed E-state index contributed by atoms with van der Waals surface area (Å²) < 4.78 is 5.28. The van der Waals surface area contributed by atoms with Crippen molar-refractivity contribution < 1.29 is 4.74 Å². The fraction of sp³-hybridized carbons (Fsp3) is 0.647. The second kappa shape index (κ2) is 9.29. The number of benzene rings is 1. The number of rotatable bonds is 9. The van der Waals surface area contributed by atoms with Gasteiger partial charge in [0, 0.05) is 25.7 Å². The van der Waals surface area contributed by atoms with Gasteiger partial charge in [-0.1, -0.05) is 37.6 Å².